The molecule has 0 aromatic carbocycles. The molecule has 1 aliphatic rings. The first-order valence-corrected chi connectivity index (χ1v) is 6.24. The maximum atomic E-state index is 11.2. The van der Waals surface area contributed by atoms with E-state index in [1.165, 1.54) is 0 Å². The zero-order valence-electron chi connectivity index (χ0n) is 7.40. The van der Waals surface area contributed by atoms with E-state index in [0.717, 1.165) is 12.8 Å². The lowest BCUT2D eigenvalue weighted by molar-refractivity contribution is -0.136. The van der Waals surface area contributed by atoms with E-state index >= 15 is 0 Å². The Morgan fingerprint density at radius 3 is 2.38 bits per heavy atom. The van der Waals surface area contributed by atoms with Crippen LogP contribution in [0.5, 0.6) is 0 Å². The minimum Gasteiger partial charge on any atom is -0.481 e. The van der Waals surface area contributed by atoms with Gasteiger partial charge in [0.15, 0.2) is 9.84 Å². The molecule has 0 aromatic heterocycles. The van der Waals surface area contributed by atoms with E-state index in [9.17, 15) is 13.2 Å². The average molecular weight is 206 g/mol. The summed E-state index contributed by atoms with van der Waals surface area (Å²) in [4.78, 5) is 10.1. The number of carboxylic acids is 1. The Bertz CT molecular complexity index is 277. The molecular weight excluding hydrogens is 192 g/mol. The molecule has 76 valence electrons. The van der Waals surface area contributed by atoms with E-state index in [4.69, 9.17) is 5.11 Å². The van der Waals surface area contributed by atoms with Gasteiger partial charge in [0.2, 0.25) is 0 Å². The van der Waals surface area contributed by atoms with Gasteiger partial charge in [0, 0.05) is 0 Å². The van der Waals surface area contributed by atoms with Crippen LogP contribution in [-0.4, -0.2) is 31.0 Å². The molecule has 0 atom stereocenters. The highest BCUT2D eigenvalue weighted by molar-refractivity contribution is 7.91. The van der Waals surface area contributed by atoms with Crippen LogP contribution in [0.15, 0.2) is 0 Å². The second-order valence-corrected chi connectivity index (χ2v) is 5.83. The van der Waals surface area contributed by atoms with Crippen LogP contribution >= 0.6 is 0 Å². The van der Waals surface area contributed by atoms with E-state index in [1.807, 2.05) is 0 Å². The Labute approximate surface area is 77.9 Å². The van der Waals surface area contributed by atoms with Crippen molar-refractivity contribution in [3.63, 3.8) is 0 Å². The molecule has 4 nitrogen and oxygen atoms in total. The summed E-state index contributed by atoms with van der Waals surface area (Å²) < 4.78 is 22.4. The molecule has 1 N–H and O–H groups in total. The zero-order chi connectivity index (χ0) is 9.90. The van der Waals surface area contributed by atoms with Crippen LogP contribution < -0.4 is 0 Å². The van der Waals surface area contributed by atoms with Crippen molar-refractivity contribution < 1.29 is 18.3 Å². The minimum atomic E-state index is -3.11. The van der Waals surface area contributed by atoms with Crippen LogP contribution in [0.3, 0.4) is 0 Å². The summed E-state index contributed by atoms with van der Waals surface area (Å²) in [6.07, 6.45) is 2.71. The lowest BCUT2D eigenvalue weighted by Gasteiger charge is -2.00. The Hall–Kier alpha value is -0.580. The molecule has 0 heterocycles. The molecule has 0 unspecified atom stereocenters. The fourth-order valence-electron chi connectivity index (χ4n) is 1.10. The fraction of sp³-hybridized carbons (Fsp3) is 0.875. The summed E-state index contributed by atoms with van der Waals surface area (Å²) in [6.45, 7) is 0. The fourth-order valence-corrected chi connectivity index (χ4v) is 2.48. The van der Waals surface area contributed by atoms with Crippen LogP contribution in [0.4, 0.5) is 0 Å². The lowest BCUT2D eigenvalue weighted by Crippen LogP contribution is -2.14. The molecule has 1 rings (SSSR count). The van der Waals surface area contributed by atoms with Gasteiger partial charge in [-0.2, -0.15) is 0 Å². The average Bonchev–Trinajstić information content (AvgIpc) is 2.81. The molecule has 13 heavy (non-hydrogen) atoms. The molecular formula is C8H14O4S. The van der Waals surface area contributed by atoms with Crippen molar-refractivity contribution in [2.45, 2.75) is 25.7 Å². The molecule has 1 fully saturated rings. The molecule has 0 aromatic rings. The Balaban J connectivity index is 2.23. The molecule has 0 saturated heterocycles. The summed E-state index contributed by atoms with van der Waals surface area (Å²) in [7, 11) is -3.11. The van der Waals surface area contributed by atoms with Crippen LogP contribution in [-0.2, 0) is 14.6 Å². The normalized spacial score (nSPS) is 17.2. The van der Waals surface area contributed by atoms with Crippen molar-refractivity contribution >= 4 is 15.8 Å². The number of aliphatic carboxylic acids is 1. The molecule has 1 saturated carbocycles. The van der Waals surface area contributed by atoms with Crippen molar-refractivity contribution in [3.05, 3.63) is 0 Å². The summed E-state index contributed by atoms with van der Waals surface area (Å²) in [6, 6.07) is 0. The smallest absolute Gasteiger partial charge is 0.304 e. The van der Waals surface area contributed by atoms with E-state index in [0.29, 0.717) is 12.3 Å². The first kappa shape index (κ1) is 10.5. The van der Waals surface area contributed by atoms with Gasteiger partial charge < -0.3 is 5.11 Å². The summed E-state index contributed by atoms with van der Waals surface area (Å²) >= 11 is 0. The number of carboxylic acid groups (broad SMARTS) is 1. The summed E-state index contributed by atoms with van der Waals surface area (Å²) in [5.41, 5.74) is 0. The lowest BCUT2D eigenvalue weighted by atomic mass is 10.3. The predicted molar refractivity (Wildman–Crippen MR) is 48.2 cm³/mol. The van der Waals surface area contributed by atoms with Crippen molar-refractivity contribution in [1.82, 2.24) is 0 Å². The quantitative estimate of drug-likeness (QED) is 0.693. The van der Waals surface area contributed by atoms with Gasteiger partial charge in [0.1, 0.15) is 0 Å². The third-order valence-corrected chi connectivity index (χ3v) is 3.84. The minimum absolute atomic E-state index is 0.158. The summed E-state index contributed by atoms with van der Waals surface area (Å²) in [5, 5.41) is 8.30. The highest BCUT2D eigenvalue weighted by Gasteiger charge is 2.24. The number of hydrogen-bond donors (Lipinski definition) is 1. The van der Waals surface area contributed by atoms with Gasteiger partial charge in [-0.3, -0.25) is 4.79 Å². The standard InChI is InChI=1S/C8H14O4S/c9-8(10)4-6-13(11,12)5-3-7-1-2-7/h7H,1-6H2,(H,9,10). The predicted octanol–water partition coefficient (Wildman–Crippen LogP) is 0.676. The third-order valence-electron chi connectivity index (χ3n) is 2.16. The number of sulfone groups is 1. The Morgan fingerprint density at radius 2 is 1.92 bits per heavy atom. The number of rotatable bonds is 6. The maximum Gasteiger partial charge on any atom is 0.304 e. The molecule has 0 bridgehead atoms. The molecule has 0 amide bonds. The van der Waals surface area contributed by atoms with Crippen LogP contribution in [0.25, 0.3) is 0 Å². The van der Waals surface area contributed by atoms with Gasteiger partial charge in [-0.25, -0.2) is 8.42 Å². The highest BCUT2D eigenvalue weighted by Crippen LogP contribution is 2.32. The van der Waals surface area contributed by atoms with E-state index in [-0.39, 0.29) is 17.9 Å². The van der Waals surface area contributed by atoms with Crippen molar-refractivity contribution in [1.29, 1.82) is 0 Å². The van der Waals surface area contributed by atoms with Crippen molar-refractivity contribution in [3.8, 4) is 0 Å². The third kappa shape index (κ3) is 4.87. The van der Waals surface area contributed by atoms with E-state index in [1.54, 1.807) is 0 Å². The molecule has 1 aliphatic carbocycles. The Morgan fingerprint density at radius 1 is 1.31 bits per heavy atom. The largest absolute Gasteiger partial charge is 0.481 e. The van der Waals surface area contributed by atoms with Gasteiger partial charge in [-0.15, -0.1) is 0 Å². The topological polar surface area (TPSA) is 71.4 Å². The number of carbonyl (C=O) groups is 1. The van der Waals surface area contributed by atoms with Crippen molar-refractivity contribution in [2.75, 3.05) is 11.5 Å². The SMILES string of the molecule is O=C(O)CCS(=O)(=O)CCC1CC1. The van der Waals surface area contributed by atoms with E-state index in [2.05, 4.69) is 0 Å². The zero-order valence-corrected chi connectivity index (χ0v) is 8.22. The van der Waals surface area contributed by atoms with Gasteiger partial charge in [-0.05, 0) is 12.3 Å². The van der Waals surface area contributed by atoms with Crippen LogP contribution in [0.2, 0.25) is 0 Å². The van der Waals surface area contributed by atoms with Gasteiger partial charge >= 0.3 is 5.97 Å². The van der Waals surface area contributed by atoms with E-state index < -0.39 is 15.8 Å². The maximum absolute atomic E-state index is 11.2. The second-order valence-electron chi connectivity index (χ2n) is 3.53. The monoisotopic (exact) mass is 206 g/mol. The molecule has 0 spiro atoms. The molecule has 0 radical (unpaired) electrons. The molecule has 0 aliphatic heterocycles. The van der Waals surface area contributed by atoms with Gasteiger partial charge in [0.25, 0.3) is 0 Å². The van der Waals surface area contributed by atoms with Crippen molar-refractivity contribution in [2.24, 2.45) is 5.92 Å². The Kier molecular flexibility index (Phi) is 3.30. The van der Waals surface area contributed by atoms with Crippen LogP contribution in [0.1, 0.15) is 25.7 Å². The number of hydrogen-bond acceptors (Lipinski definition) is 3. The van der Waals surface area contributed by atoms with Crippen LogP contribution in [0, 0.1) is 5.92 Å². The first-order valence-electron chi connectivity index (χ1n) is 4.42. The highest BCUT2D eigenvalue weighted by atomic mass is 32.2. The molecule has 5 heteroatoms. The van der Waals surface area contributed by atoms with Gasteiger partial charge in [0.05, 0.1) is 17.9 Å². The second kappa shape index (κ2) is 4.09. The van der Waals surface area contributed by atoms with Gasteiger partial charge in [-0.1, -0.05) is 12.8 Å². The first-order chi connectivity index (χ1) is 5.99. The summed E-state index contributed by atoms with van der Waals surface area (Å²) in [5.74, 6) is -0.519.